The van der Waals surface area contributed by atoms with Crippen LogP contribution in [0.5, 0.6) is 11.6 Å². The standard InChI is InChI=1S/C20H23N3O2/c1-20(2,3)16-11-15(12-21)7-9-17(16)25-19-10-8-14(13-23-19)5-4-6-18(22)24/h7-11,13H,4-6H2,1-3H3,(H2,22,24). The Bertz CT molecular complexity index is 784. The van der Waals surface area contributed by atoms with Gasteiger partial charge in [-0.25, -0.2) is 4.98 Å². The fraction of sp³-hybridized carbons (Fsp3) is 0.350. The van der Waals surface area contributed by atoms with E-state index in [1.807, 2.05) is 24.3 Å². The zero-order valence-corrected chi connectivity index (χ0v) is 14.9. The fourth-order valence-electron chi connectivity index (χ4n) is 2.47. The van der Waals surface area contributed by atoms with Crippen molar-refractivity contribution >= 4 is 5.91 Å². The highest BCUT2D eigenvalue weighted by Crippen LogP contribution is 2.34. The highest BCUT2D eigenvalue weighted by atomic mass is 16.5. The number of nitriles is 1. The molecule has 1 aromatic carbocycles. The minimum absolute atomic E-state index is 0.156. The van der Waals surface area contributed by atoms with Gasteiger partial charge in [0.15, 0.2) is 0 Å². The van der Waals surface area contributed by atoms with E-state index < -0.39 is 0 Å². The Kier molecular flexibility index (Phi) is 5.76. The first-order chi connectivity index (χ1) is 11.8. The van der Waals surface area contributed by atoms with E-state index in [-0.39, 0.29) is 11.3 Å². The summed E-state index contributed by atoms with van der Waals surface area (Å²) in [6.45, 7) is 6.23. The van der Waals surface area contributed by atoms with Gasteiger partial charge in [0.1, 0.15) is 5.75 Å². The van der Waals surface area contributed by atoms with Crippen molar-refractivity contribution in [3.8, 4) is 17.7 Å². The molecular weight excluding hydrogens is 314 g/mol. The quantitative estimate of drug-likeness (QED) is 0.867. The van der Waals surface area contributed by atoms with E-state index in [0.29, 0.717) is 30.0 Å². The molecule has 0 fully saturated rings. The molecule has 2 aromatic rings. The summed E-state index contributed by atoms with van der Waals surface area (Å²) in [5.41, 5.74) is 7.58. The van der Waals surface area contributed by atoms with Crippen molar-refractivity contribution in [2.75, 3.05) is 0 Å². The molecule has 0 aliphatic heterocycles. The molecule has 2 rings (SSSR count). The molecule has 0 saturated heterocycles. The first-order valence-electron chi connectivity index (χ1n) is 8.25. The Hall–Kier alpha value is -2.87. The van der Waals surface area contributed by atoms with Crippen molar-refractivity contribution in [3.63, 3.8) is 0 Å². The van der Waals surface area contributed by atoms with Crippen molar-refractivity contribution in [2.24, 2.45) is 5.73 Å². The van der Waals surface area contributed by atoms with Crippen molar-refractivity contribution in [3.05, 3.63) is 53.2 Å². The molecule has 130 valence electrons. The SMILES string of the molecule is CC(C)(C)c1cc(C#N)ccc1Oc1ccc(CCCC(N)=O)cn1. The first-order valence-corrected chi connectivity index (χ1v) is 8.25. The average Bonchev–Trinajstić information content (AvgIpc) is 2.55. The second kappa shape index (κ2) is 7.80. The monoisotopic (exact) mass is 337 g/mol. The molecular formula is C20H23N3O2. The Balaban J connectivity index is 2.14. The number of aromatic nitrogens is 1. The molecule has 5 nitrogen and oxygen atoms in total. The van der Waals surface area contributed by atoms with Crippen LogP contribution in [-0.2, 0) is 16.6 Å². The topological polar surface area (TPSA) is 89.0 Å². The summed E-state index contributed by atoms with van der Waals surface area (Å²) >= 11 is 0. The van der Waals surface area contributed by atoms with Gasteiger partial charge in [-0.1, -0.05) is 26.8 Å². The predicted octanol–water partition coefficient (Wildman–Crippen LogP) is 3.85. The van der Waals surface area contributed by atoms with Gasteiger partial charge in [0.05, 0.1) is 11.6 Å². The fourth-order valence-corrected chi connectivity index (χ4v) is 2.47. The summed E-state index contributed by atoms with van der Waals surface area (Å²) in [6, 6.07) is 11.3. The summed E-state index contributed by atoms with van der Waals surface area (Å²) in [7, 11) is 0. The number of carbonyl (C=O) groups excluding carboxylic acids is 1. The van der Waals surface area contributed by atoms with Gasteiger partial charge in [0, 0.05) is 24.2 Å². The van der Waals surface area contributed by atoms with E-state index in [0.717, 1.165) is 17.5 Å². The van der Waals surface area contributed by atoms with Crippen LogP contribution in [0.1, 0.15) is 50.3 Å². The third-order valence-corrected chi connectivity index (χ3v) is 3.82. The molecule has 0 unspecified atom stereocenters. The molecule has 0 saturated carbocycles. The number of carbonyl (C=O) groups is 1. The molecule has 1 heterocycles. The molecule has 0 aliphatic carbocycles. The van der Waals surface area contributed by atoms with Crippen LogP contribution in [0.25, 0.3) is 0 Å². The lowest BCUT2D eigenvalue weighted by Gasteiger charge is -2.22. The Morgan fingerprint density at radius 3 is 2.60 bits per heavy atom. The zero-order chi connectivity index (χ0) is 18.4. The Labute approximate surface area is 148 Å². The molecule has 25 heavy (non-hydrogen) atoms. The third kappa shape index (κ3) is 5.32. The minimum Gasteiger partial charge on any atom is -0.439 e. The van der Waals surface area contributed by atoms with Crippen LogP contribution in [0, 0.1) is 11.3 Å². The van der Waals surface area contributed by atoms with Crippen LogP contribution < -0.4 is 10.5 Å². The van der Waals surface area contributed by atoms with E-state index in [4.69, 9.17) is 15.7 Å². The maximum Gasteiger partial charge on any atom is 0.219 e. The van der Waals surface area contributed by atoms with Crippen LogP contribution in [0.4, 0.5) is 0 Å². The van der Waals surface area contributed by atoms with E-state index in [1.165, 1.54) is 0 Å². The summed E-state index contributed by atoms with van der Waals surface area (Å²) in [6.07, 6.45) is 3.58. The van der Waals surface area contributed by atoms with Crippen LogP contribution in [0.3, 0.4) is 0 Å². The maximum absolute atomic E-state index is 10.8. The predicted molar refractivity (Wildman–Crippen MR) is 96.3 cm³/mol. The van der Waals surface area contributed by atoms with Crippen LogP contribution in [-0.4, -0.2) is 10.9 Å². The smallest absolute Gasteiger partial charge is 0.219 e. The Morgan fingerprint density at radius 1 is 1.28 bits per heavy atom. The number of rotatable bonds is 6. The Morgan fingerprint density at radius 2 is 2.04 bits per heavy atom. The van der Waals surface area contributed by atoms with Crippen molar-refractivity contribution in [2.45, 2.75) is 45.4 Å². The number of amides is 1. The molecule has 0 aliphatic rings. The van der Waals surface area contributed by atoms with Gasteiger partial charge in [0.2, 0.25) is 11.8 Å². The minimum atomic E-state index is -0.288. The molecule has 0 radical (unpaired) electrons. The molecule has 5 heteroatoms. The highest BCUT2D eigenvalue weighted by Gasteiger charge is 2.20. The number of primary amides is 1. The number of nitrogens with zero attached hydrogens (tertiary/aromatic N) is 2. The normalized spacial score (nSPS) is 11.0. The first kappa shape index (κ1) is 18.5. The van der Waals surface area contributed by atoms with Crippen molar-refractivity contribution < 1.29 is 9.53 Å². The van der Waals surface area contributed by atoms with Gasteiger partial charge in [-0.15, -0.1) is 0 Å². The van der Waals surface area contributed by atoms with Gasteiger partial charge in [-0.2, -0.15) is 5.26 Å². The number of ether oxygens (including phenoxy) is 1. The van der Waals surface area contributed by atoms with Gasteiger partial charge in [-0.05, 0) is 42.0 Å². The number of hydrogen-bond donors (Lipinski definition) is 1. The summed E-state index contributed by atoms with van der Waals surface area (Å²) < 4.78 is 5.94. The van der Waals surface area contributed by atoms with Crippen LogP contribution in [0.15, 0.2) is 36.5 Å². The van der Waals surface area contributed by atoms with E-state index in [1.54, 1.807) is 12.3 Å². The highest BCUT2D eigenvalue weighted by molar-refractivity contribution is 5.73. The van der Waals surface area contributed by atoms with Gasteiger partial charge >= 0.3 is 0 Å². The van der Waals surface area contributed by atoms with E-state index in [9.17, 15) is 4.79 Å². The summed E-state index contributed by atoms with van der Waals surface area (Å²) in [5, 5.41) is 9.11. The number of benzene rings is 1. The average molecular weight is 337 g/mol. The number of pyridine rings is 1. The molecule has 0 spiro atoms. The van der Waals surface area contributed by atoms with Gasteiger partial charge < -0.3 is 10.5 Å². The third-order valence-electron chi connectivity index (χ3n) is 3.82. The lowest BCUT2D eigenvalue weighted by Crippen LogP contribution is -2.13. The molecule has 2 N–H and O–H groups in total. The van der Waals surface area contributed by atoms with Crippen LogP contribution in [0.2, 0.25) is 0 Å². The van der Waals surface area contributed by atoms with Gasteiger partial charge in [-0.3, -0.25) is 4.79 Å². The lowest BCUT2D eigenvalue weighted by atomic mass is 9.85. The maximum atomic E-state index is 10.8. The molecule has 0 bridgehead atoms. The van der Waals surface area contributed by atoms with Gasteiger partial charge in [0.25, 0.3) is 0 Å². The van der Waals surface area contributed by atoms with E-state index in [2.05, 4.69) is 31.8 Å². The summed E-state index contributed by atoms with van der Waals surface area (Å²) in [4.78, 5) is 15.1. The van der Waals surface area contributed by atoms with Crippen molar-refractivity contribution in [1.29, 1.82) is 5.26 Å². The van der Waals surface area contributed by atoms with Crippen molar-refractivity contribution in [1.82, 2.24) is 4.98 Å². The number of aryl methyl sites for hydroxylation is 1. The van der Waals surface area contributed by atoms with Crippen LogP contribution >= 0.6 is 0 Å². The molecule has 0 atom stereocenters. The molecule has 1 aromatic heterocycles. The lowest BCUT2D eigenvalue weighted by molar-refractivity contribution is -0.118. The number of nitrogens with two attached hydrogens (primary N) is 1. The molecule has 1 amide bonds. The number of hydrogen-bond acceptors (Lipinski definition) is 4. The second-order valence-corrected chi connectivity index (χ2v) is 7.00. The van der Waals surface area contributed by atoms with E-state index >= 15 is 0 Å². The zero-order valence-electron chi connectivity index (χ0n) is 14.9. The largest absolute Gasteiger partial charge is 0.439 e. The second-order valence-electron chi connectivity index (χ2n) is 7.00. The summed E-state index contributed by atoms with van der Waals surface area (Å²) in [5.74, 6) is 0.901.